The Labute approximate surface area is 209 Å². The molecule has 0 aliphatic carbocycles. The highest BCUT2D eigenvalue weighted by atomic mass is 16.5. The van der Waals surface area contributed by atoms with Crippen LogP contribution in [0.4, 0.5) is 0 Å². The number of ketones is 2. The summed E-state index contributed by atoms with van der Waals surface area (Å²) in [6.45, 7) is 7.76. The summed E-state index contributed by atoms with van der Waals surface area (Å²) in [5, 5.41) is 0. The molecule has 0 N–H and O–H groups in total. The van der Waals surface area contributed by atoms with Crippen LogP contribution in [0, 0.1) is 0 Å². The molecule has 3 aromatic carbocycles. The zero-order valence-corrected chi connectivity index (χ0v) is 19.7. The predicted molar refractivity (Wildman–Crippen MR) is 135 cm³/mol. The lowest BCUT2D eigenvalue weighted by atomic mass is 10.0. The van der Waals surface area contributed by atoms with Gasteiger partial charge in [0, 0.05) is 17.5 Å². The number of ether oxygens (including phenoxy) is 4. The molecule has 0 unspecified atom stereocenters. The van der Waals surface area contributed by atoms with Crippen LogP contribution in [-0.4, -0.2) is 37.4 Å². The summed E-state index contributed by atoms with van der Waals surface area (Å²) in [5.74, 6) is 0.469. The molecule has 184 valence electrons. The Hall–Kier alpha value is -4.65. The van der Waals surface area contributed by atoms with Crippen LogP contribution in [-0.2, 0) is 9.53 Å². The molecule has 0 amide bonds. The summed E-state index contributed by atoms with van der Waals surface area (Å²) in [6.07, 6.45) is 3.29. The van der Waals surface area contributed by atoms with Crippen molar-refractivity contribution in [2.24, 2.45) is 0 Å². The largest absolute Gasteiger partial charge is 0.502 e. The number of hydrogen-bond donors (Lipinski definition) is 0. The van der Waals surface area contributed by atoms with Crippen LogP contribution in [0.1, 0.15) is 32.7 Å². The van der Waals surface area contributed by atoms with E-state index in [2.05, 4.69) is 13.2 Å². The highest BCUT2D eigenvalue weighted by Gasteiger charge is 2.12. The van der Waals surface area contributed by atoms with Crippen molar-refractivity contribution in [2.45, 2.75) is 6.42 Å². The summed E-state index contributed by atoms with van der Waals surface area (Å²) >= 11 is 0. The Bertz CT molecular complexity index is 1190. The van der Waals surface area contributed by atoms with Crippen molar-refractivity contribution < 1.29 is 33.3 Å². The molecule has 7 nitrogen and oxygen atoms in total. The Balaban J connectivity index is 1.52. The first-order valence-corrected chi connectivity index (χ1v) is 11.2. The van der Waals surface area contributed by atoms with E-state index in [0.717, 1.165) is 0 Å². The van der Waals surface area contributed by atoms with Crippen LogP contribution in [0.15, 0.2) is 98.3 Å². The van der Waals surface area contributed by atoms with Crippen LogP contribution >= 0.6 is 0 Å². The molecule has 0 aromatic heterocycles. The van der Waals surface area contributed by atoms with E-state index in [0.29, 0.717) is 53.6 Å². The molecule has 0 saturated heterocycles. The lowest BCUT2D eigenvalue weighted by molar-refractivity contribution is -0.116. The maximum atomic E-state index is 12.7. The molecular formula is C29H26O7. The van der Waals surface area contributed by atoms with Gasteiger partial charge >= 0.3 is 5.97 Å². The summed E-state index contributed by atoms with van der Waals surface area (Å²) in [6, 6.07) is 19.4. The Morgan fingerprint density at radius 3 is 1.75 bits per heavy atom. The molecule has 0 radical (unpaired) electrons. The predicted octanol–water partition coefficient (Wildman–Crippen LogP) is 5.20. The standard InChI is InChI=1S/C29H26O7/c1-3-24(30)20-35-26-12-6-21(7-13-26)28(31)22-8-16-27(17-9-22)36-29(32)23-10-14-25(15-11-23)34-19-5-18-33-4-2/h3-4,6-17H,1-2,5,18-20H2. The van der Waals surface area contributed by atoms with E-state index >= 15 is 0 Å². The third-order valence-corrected chi connectivity index (χ3v) is 4.94. The molecule has 0 heterocycles. The van der Waals surface area contributed by atoms with Gasteiger partial charge in [-0.3, -0.25) is 9.59 Å². The van der Waals surface area contributed by atoms with Crippen LogP contribution in [0.3, 0.4) is 0 Å². The zero-order valence-electron chi connectivity index (χ0n) is 19.7. The lowest BCUT2D eigenvalue weighted by Crippen LogP contribution is -2.09. The molecule has 36 heavy (non-hydrogen) atoms. The van der Waals surface area contributed by atoms with Gasteiger partial charge < -0.3 is 18.9 Å². The quantitative estimate of drug-likeness (QED) is 0.0773. The normalized spacial score (nSPS) is 10.1. The van der Waals surface area contributed by atoms with Gasteiger partial charge in [-0.25, -0.2) is 4.79 Å². The molecule has 3 aromatic rings. The van der Waals surface area contributed by atoms with E-state index in [4.69, 9.17) is 18.9 Å². The number of rotatable bonds is 14. The SMILES string of the molecule is C=COCCCOc1ccc(C(=O)Oc2ccc(C(=O)c3ccc(OCC(=O)C=C)cc3)cc2)cc1. The van der Waals surface area contributed by atoms with Gasteiger partial charge in [-0.1, -0.05) is 13.2 Å². The number of esters is 1. The van der Waals surface area contributed by atoms with Gasteiger partial charge in [0.25, 0.3) is 0 Å². The average Bonchev–Trinajstić information content (AvgIpc) is 2.92. The number of benzene rings is 3. The molecule has 0 saturated carbocycles. The van der Waals surface area contributed by atoms with Crippen molar-refractivity contribution >= 4 is 17.5 Å². The lowest BCUT2D eigenvalue weighted by Gasteiger charge is -2.08. The first-order chi connectivity index (χ1) is 17.5. The number of hydrogen-bond acceptors (Lipinski definition) is 7. The zero-order chi connectivity index (χ0) is 25.8. The van der Waals surface area contributed by atoms with Crippen LogP contribution < -0.4 is 14.2 Å². The van der Waals surface area contributed by atoms with E-state index in [1.165, 1.54) is 12.3 Å². The molecule has 0 spiro atoms. The van der Waals surface area contributed by atoms with Crippen molar-refractivity contribution in [1.82, 2.24) is 0 Å². The van der Waals surface area contributed by atoms with Crippen molar-refractivity contribution in [3.8, 4) is 17.2 Å². The second-order valence-electron chi connectivity index (χ2n) is 7.49. The minimum Gasteiger partial charge on any atom is -0.502 e. The van der Waals surface area contributed by atoms with E-state index in [9.17, 15) is 14.4 Å². The topological polar surface area (TPSA) is 88.1 Å². The Kier molecular flexibility index (Phi) is 9.59. The average molecular weight is 487 g/mol. The van der Waals surface area contributed by atoms with Gasteiger partial charge in [-0.15, -0.1) is 0 Å². The van der Waals surface area contributed by atoms with Crippen LogP contribution in [0.2, 0.25) is 0 Å². The highest BCUT2D eigenvalue weighted by molar-refractivity contribution is 6.09. The minimum absolute atomic E-state index is 0.110. The van der Waals surface area contributed by atoms with Crippen LogP contribution in [0.5, 0.6) is 17.2 Å². The van der Waals surface area contributed by atoms with E-state index in [1.807, 2.05) is 0 Å². The maximum absolute atomic E-state index is 12.7. The monoisotopic (exact) mass is 486 g/mol. The first kappa shape index (κ1) is 26.0. The van der Waals surface area contributed by atoms with Gasteiger partial charge in [-0.2, -0.15) is 0 Å². The van der Waals surface area contributed by atoms with Crippen molar-refractivity contribution in [3.63, 3.8) is 0 Å². The summed E-state index contributed by atoms with van der Waals surface area (Å²) in [5.41, 5.74) is 1.26. The van der Waals surface area contributed by atoms with E-state index in [1.54, 1.807) is 72.8 Å². The van der Waals surface area contributed by atoms with E-state index in [-0.39, 0.29) is 18.2 Å². The van der Waals surface area contributed by atoms with Crippen molar-refractivity contribution in [2.75, 3.05) is 19.8 Å². The highest BCUT2D eigenvalue weighted by Crippen LogP contribution is 2.20. The van der Waals surface area contributed by atoms with Gasteiger partial charge in [0.15, 0.2) is 18.2 Å². The van der Waals surface area contributed by atoms with Gasteiger partial charge in [-0.05, 0) is 78.9 Å². The first-order valence-electron chi connectivity index (χ1n) is 11.2. The van der Waals surface area contributed by atoms with Gasteiger partial charge in [0.1, 0.15) is 17.2 Å². The molecule has 7 heteroatoms. The molecule has 0 bridgehead atoms. The minimum atomic E-state index is -0.523. The maximum Gasteiger partial charge on any atom is 0.343 e. The molecule has 0 atom stereocenters. The fraction of sp³-hybridized carbons (Fsp3) is 0.138. The van der Waals surface area contributed by atoms with Gasteiger partial charge in [0.2, 0.25) is 0 Å². The molecule has 0 aliphatic rings. The fourth-order valence-corrected chi connectivity index (χ4v) is 3.03. The van der Waals surface area contributed by atoms with E-state index < -0.39 is 5.97 Å². The molecular weight excluding hydrogens is 460 g/mol. The van der Waals surface area contributed by atoms with Crippen LogP contribution in [0.25, 0.3) is 0 Å². The van der Waals surface area contributed by atoms with Gasteiger partial charge in [0.05, 0.1) is 25.0 Å². The summed E-state index contributed by atoms with van der Waals surface area (Å²) in [4.78, 5) is 36.5. The Morgan fingerprint density at radius 2 is 1.19 bits per heavy atom. The number of carbonyl (C=O) groups is 3. The van der Waals surface area contributed by atoms with Crippen molar-refractivity contribution in [1.29, 1.82) is 0 Å². The third kappa shape index (κ3) is 7.70. The number of carbonyl (C=O) groups excluding carboxylic acids is 3. The molecule has 3 rings (SSSR count). The Morgan fingerprint density at radius 1 is 0.667 bits per heavy atom. The summed E-state index contributed by atoms with van der Waals surface area (Å²) in [7, 11) is 0. The third-order valence-electron chi connectivity index (χ3n) is 4.94. The fourth-order valence-electron chi connectivity index (χ4n) is 3.03. The smallest absolute Gasteiger partial charge is 0.343 e. The summed E-state index contributed by atoms with van der Waals surface area (Å²) < 4.78 is 21.4. The second-order valence-corrected chi connectivity index (χ2v) is 7.49. The molecule has 0 aliphatic heterocycles. The molecule has 0 fully saturated rings. The second kappa shape index (κ2) is 13.3. The van der Waals surface area contributed by atoms with Crippen molar-refractivity contribution in [3.05, 3.63) is 115 Å².